The van der Waals surface area contributed by atoms with Gasteiger partial charge in [0.1, 0.15) is 5.66 Å². The molecule has 0 saturated carbocycles. The highest BCUT2D eigenvalue weighted by molar-refractivity contribution is 6.00. The van der Waals surface area contributed by atoms with E-state index in [4.69, 9.17) is 24.6 Å². The first-order chi connectivity index (χ1) is 14.8. The monoisotopic (exact) mass is 439 g/mol. The zero-order valence-electron chi connectivity index (χ0n) is 20.2. The number of hydrogen-bond donors (Lipinski definition) is 3. The Morgan fingerprint density at radius 2 is 1.58 bits per heavy atom. The lowest BCUT2D eigenvalue weighted by atomic mass is 10.1. The van der Waals surface area contributed by atoms with Crippen LogP contribution >= 0.6 is 0 Å². The summed E-state index contributed by atoms with van der Waals surface area (Å²) < 4.78 is 5.44. The highest BCUT2D eigenvalue weighted by Gasteiger charge is 2.28. The minimum absolute atomic E-state index is 0.324. The van der Waals surface area contributed by atoms with Gasteiger partial charge in [-0.15, -0.1) is 0 Å². The van der Waals surface area contributed by atoms with Crippen molar-refractivity contribution in [2.75, 3.05) is 32.8 Å². The molecule has 2 rings (SSSR count). The van der Waals surface area contributed by atoms with Crippen LogP contribution in [-0.4, -0.2) is 66.4 Å². The van der Waals surface area contributed by atoms with E-state index in [9.17, 15) is 0 Å². The molecule has 0 aromatic carbocycles. The normalized spacial score (nSPS) is 19.0. The summed E-state index contributed by atoms with van der Waals surface area (Å²) in [5, 5.41) is 14.2. The van der Waals surface area contributed by atoms with Crippen LogP contribution in [0.3, 0.4) is 0 Å². The fraction of sp³-hybridized carbons (Fsp3) is 0.870. The third-order valence-corrected chi connectivity index (χ3v) is 5.13. The van der Waals surface area contributed by atoms with Gasteiger partial charge in [-0.25, -0.2) is 4.99 Å². The van der Waals surface area contributed by atoms with Gasteiger partial charge in [0.05, 0.1) is 13.2 Å². The molecule has 2 aliphatic heterocycles. The van der Waals surface area contributed by atoms with Crippen molar-refractivity contribution >= 4 is 17.9 Å². The standard InChI is InChI=1S/C21H41N5O.C2H4O2/c1-4-5-6-7-8-9-10-11-12-13-14-22-19-23-20(25-21(2,3)24-19)26-15-17-27-18-16-26;1-2(3)4/h4-18H2,1-3H3,(H2,22,23,24,25);1H3,(H,3,4). The van der Waals surface area contributed by atoms with Gasteiger partial charge >= 0.3 is 0 Å². The van der Waals surface area contributed by atoms with Crippen LogP contribution in [-0.2, 0) is 9.53 Å². The maximum atomic E-state index is 9.00. The number of morpholine rings is 1. The second-order valence-corrected chi connectivity index (χ2v) is 8.78. The zero-order chi connectivity index (χ0) is 23.0. The number of carboxylic acids is 1. The van der Waals surface area contributed by atoms with Gasteiger partial charge in [0, 0.05) is 26.6 Å². The number of guanidine groups is 2. The van der Waals surface area contributed by atoms with E-state index in [0.717, 1.165) is 58.1 Å². The number of ether oxygens (including phenoxy) is 1. The van der Waals surface area contributed by atoms with Crippen LogP contribution < -0.4 is 10.6 Å². The van der Waals surface area contributed by atoms with E-state index in [2.05, 4.69) is 36.3 Å². The molecule has 0 aliphatic carbocycles. The maximum absolute atomic E-state index is 9.00. The minimum Gasteiger partial charge on any atom is -0.481 e. The summed E-state index contributed by atoms with van der Waals surface area (Å²) >= 11 is 0. The molecule has 2 heterocycles. The summed E-state index contributed by atoms with van der Waals surface area (Å²) in [6.07, 6.45) is 13.5. The smallest absolute Gasteiger partial charge is 0.300 e. The Morgan fingerprint density at radius 1 is 1.06 bits per heavy atom. The van der Waals surface area contributed by atoms with E-state index < -0.39 is 5.97 Å². The highest BCUT2D eigenvalue weighted by Crippen LogP contribution is 2.12. The van der Waals surface area contributed by atoms with Crippen LogP contribution in [0.25, 0.3) is 0 Å². The molecular weight excluding hydrogens is 394 g/mol. The van der Waals surface area contributed by atoms with Crippen molar-refractivity contribution in [1.82, 2.24) is 15.5 Å². The molecular formula is C23H45N5O3. The molecule has 2 aliphatic rings. The highest BCUT2D eigenvalue weighted by atomic mass is 16.5. The van der Waals surface area contributed by atoms with E-state index in [0.29, 0.717) is 0 Å². The van der Waals surface area contributed by atoms with E-state index in [-0.39, 0.29) is 5.66 Å². The first-order valence-corrected chi connectivity index (χ1v) is 12.1. The molecule has 0 aromatic heterocycles. The Kier molecular flexibility index (Phi) is 13.9. The second-order valence-electron chi connectivity index (χ2n) is 8.78. The number of hydrogen-bond acceptors (Lipinski definition) is 5. The summed E-state index contributed by atoms with van der Waals surface area (Å²) in [5.41, 5.74) is -0.324. The zero-order valence-corrected chi connectivity index (χ0v) is 20.2. The van der Waals surface area contributed by atoms with Crippen molar-refractivity contribution in [2.45, 2.75) is 97.6 Å². The van der Waals surface area contributed by atoms with Crippen LogP contribution in [0.15, 0.2) is 9.98 Å². The lowest BCUT2D eigenvalue weighted by Crippen LogP contribution is -2.61. The van der Waals surface area contributed by atoms with Crippen LogP contribution in [0.5, 0.6) is 0 Å². The summed E-state index contributed by atoms with van der Waals surface area (Å²) in [6.45, 7) is 11.7. The molecule has 0 atom stereocenters. The summed E-state index contributed by atoms with van der Waals surface area (Å²) in [6, 6.07) is 0. The SMILES string of the molecule is CC(=O)O.CCCCCCCCCCCCN=C1NC(N2CCOCC2)=NC(C)(C)N1. The lowest BCUT2D eigenvalue weighted by Gasteiger charge is -2.37. The predicted octanol–water partition coefficient (Wildman–Crippen LogP) is 3.97. The number of carbonyl (C=O) groups is 1. The molecule has 0 unspecified atom stereocenters. The van der Waals surface area contributed by atoms with Crippen molar-refractivity contribution in [1.29, 1.82) is 0 Å². The van der Waals surface area contributed by atoms with Crippen molar-refractivity contribution in [3.8, 4) is 0 Å². The van der Waals surface area contributed by atoms with E-state index in [1.807, 2.05) is 0 Å². The molecule has 8 heteroatoms. The second kappa shape index (κ2) is 15.9. The number of aliphatic carboxylic acids is 1. The Morgan fingerprint density at radius 3 is 2.13 bits per heavy atom. The topological polar surface area (TPSA) is 98.5 Å². The molecule has 31 heavy (non-hydrogen) atoms. The minimum atomic E-state index is -0.833. The van der Waals surface area contributed by atoms with E-state index >= 15 is 0 Å². The molecule has 0 aromatic rings. The van der Waals surface area contributed by atoms with Gasteiger partial charge in [-0.05, 0) is 20.3 Å². The quantitative estimate of drug-likeness (QED) is 0.421. The maximum Gasteiger partial charge on any atom is 0.300 e. The van der Waals surface area contributed by atoms with Crippen molar-refractivity contribution in [3.05, 3.63) is 0 Å². The number of carboxylic acid groups (broad SMARTS) is 1. The molecule has 0 radical (unpaired) electrons. The molecule has 1 saturated heterocycles. The number of unbranched alkanes of at least 4 members (excludes halogenated alkanes) is 9. The molecule has 0 bridgehead atoms. The van der Waals surface area contributed by atoms with Crippen LogP contribution in [0, 0.1) is 0 Å². The van der Waals surface area contributed by atoms with Gasteiger partial charge < -0.3 is 20.1 Å². The Hall–Kier alpha value is -1.83. The van der Waals surface area contributed by atoms with Gasteiger partial charge in [0.25, 0.3) is 5.97 Å². The summed E-state index contributed by atoms with van der Waals surface area (Å²) in [4.78, 5) is 20.8. The van der Waals surface area contributed by atoms with Gasteiger partial charge in [0.15, 0.2) is 5.96 Å². The van der Waals surface area contributed by atoms with Gasteiger partial charge in [0.2, 0.25) is 5.96 Å². The van der Waals surface area contributed by atoms with Crippen molar-refractivity contribution in [2.24, 2.45) is 9.98 Å². The fourth-order valence-corrected chi connectivity index (χ4v) is 3.54. The third-order valence-electron chi connectivity index (χ3n) is 5.13. The largest absolute Gasteiger partial charge is 0.481 e. The average Bonchev–Trinajstić information content (AvgIpc) is 2.71. The molecule has 180 valence electrons. The van der Waals surface area contributed by atoms with Gasteiger partial charge in [-0.1, -0.05) is 64.7 Å². The lowest BCUT2D eigenvalue weighted by molar-refractivity contribution is -0.134. The first-order valence-electron chi connectivity index (χ1n) is 12.1. The average molecular weight is 440 g/mol. The molecule has 3 N–H and O–H groups in total. The predicted molar refractivity (Wildman–Crippen MR) is 128 cm³/mol. The van der Waals surface area contributed by atoms with Gasteiger partial charge in [-0.3, -0.25) is 15.1 Å². The van der Waals surface area contributed by atoms with E-state index in [1.165, 1.54) is 57.8 Å². The van der Waals surface area contributed by atoms with Crippen molar-refractivity contribution in [3.63, 3.8) is 0 Å². The Bertz CT molecular complexity index is 553. The Balaban J connectivity index is 0.00000110. The summed E-state index contributed by atoms with van der Waals surface area (Å²) in [7, 11) is 0. The first kappa shape index (κ1) is 27.2. The molecule has 0 amide bonds. The van der Waals surface area contributed by atoms with Gasteiger partial charge in [-0.2, -0.15) is 0 Å². The number of nitrogens with one attached hydrogen (secondary N) is 2. The van der Waals surface area contributed by atoms with Crippen molar-refractivity contribution < 1.29 is 14.6 Å². The molecule has 0 spiro atoms. The van der Waals surface area contributed by atoms with E-state index in [1.54, 1.807) is 0 Å². The molecule has 8 nitrogen and oxygen atoms in total. The number of rotatable bonds is 11. The third kappa shape index (κ3) is 14.0. The number of aliphatic imine (C=N–C) groups is 2. The summed E-state index contributed by atoms with van der Waals surface area (Å²) in [5.74, 6) is 0.941. The fourth-order valence-electron chi connectivity index (χ4n) is 3.54. The number of nitrogens with zero attached hydrogens (tertiary/aromatic N) is 3. The molecule has 1 fully saturated rings. The Labute approximate surface area is 188 Å². The van der Waals surface area contributed by atoms with Crippen LogP contribution in [0.1, 0.15) is 91.9 Å². The van der Waals surface area contributed by atoms with Crippen LogP contribution in [0.2, 0.25) is 0 Å². The van der Waals surface area contributed by atoms with Crippen LogP contribution in [0.4, 0.5) is 0 Å².